The van der Waals surface area contributed by atoms with Crippen LogP contribution in [-0.2, 0) is 0 Å². The standard InChI is InChI=1S/C14H15Br2NOS/c1-2-5-18-12-4-3-9(6-11(12)15)14(17)10-7-13(16)19-8-10/h3-4,6-8,14H,2,5,17H2,1H3. The number of halogens is 2. The molecule has 19 heavy (non-hydrogen) atoms. The number of thiophene rings is 1. The summed E-state index contributed by atoms with van der Waals surface area (Å²) in [7, 11) is 0. The van der Waals surface area contributed by atoms with E-state index in [4.69, 9.17) is 10.5 Å². The molecule has 0 aliphatic heterocycles. The number of hydrogen-bond acceptors (Lipinski definition) is 3. The Bertz CT molecular complexity index is 556. The number of rotatable bonds is 5. The second kappa shape index (κ2) is 6.88. The van der Waals surface area contributed by atoms with Crippen molar-refractivity contribution < 1.29 is 4.74 Å². The summed E-state index contributed by atoms with van der Waals surface area (Å²) in [5, 5.41) is 2.07. The Morgan fingerprint density at radius 3 is 2.63 bits per heavy atom. The van der Waals surface area contributed by atoms with Gasteiger partial charge in [0.05, 0.1) is 20.9 Å². The van der Waals surface area contributed by atoms with E-state index in [0.717, 1.165) is 38.2 Å². The van der Waals surface area contributed by atoms with Crippen LogP contribution in [0.3, 0.4) is 0 Å². The zero-order chi connectivity index (χ0) is 13.8. The first-order valence-electron chi connectivity index (χ1n) is 6.03. The van der Waals surface area contributed by atoms with Crippen LogP contribution in [0.4, 0.5) is 0 Å². The molecule has 0 saturated carbocycles. The van der Waals surface area contributed by atoms with Gasteiger partial charge in [0, 0.05) is 0 Å². The highest BCUT2D eigenvalue weighted by Gasteiger charge is 2.12. The molecule has 1 unspecified atom stereocenters. The van der Waals surface area contributed by atoms with Gasteiger partial charge in [-0.1, -0.05) is 13.0 Å². The minimum Gasteiger partial charge on any atom is -0.492 e. The molecule has 1 atom stereocenters. The highest BCUT2D eigenvalue weighted by atomic mass is 79.9. The van der Waals surface area contributed by atoms with Crippen LogP contribution in [0.25, 0.3) is 0 Å². The fraction of sp³-hybridized carbons (Fsp3) is 0.286. The molecule has 2 aromatic rings. The van der Waals surface area contributed by atoms with Crippen molar-refractivity contribution in [2.24, 2.45) is 5.73 Å². The quantitative estimate of drug-likeness (QED) is 0.751. The van der Waals surface area contributed by atoms with Gasteiger partial charge in [0.15, 0.2) is 0 Å². The lowest BCUT2D eigenvalue weighted by atomic mass is 10.0. The van der Waals surface area contributed by atoms with E-state index in [-0.39, 0.29) is 6.04 Å². The molecule has 1 aromatic carbocycles. The van der Waals surface area contributed by atoms with Crippen molar-refractivity contribution in [2.75, 3.05) is 6.61 Å². The maximum absolute atomic E-state index is 6.27. The summed E-state index contributed by atoms with van der Waals surface area (Å²) in [5.74, 6) is 0.865. The third kappa shape index (κ3) is 3.81. The van der Waals surface area contributed by atoms with Crippen molar-refractivity contribution in [1.29, 1.82) is 0 Å². The minimum atomic E-state index is -0.112. The van der Waals surface area contributed by atoms with Crippen molar-refractivity contribution in [3.05, 3.63) is 49.0 Å². The Kier molecular flexibility index (Phi) is 5.45. The van der Waals surface area contributed by atoms with Gasteiger partial charge >= 0.3 is 0 Å². The summed E-state index contributed by atoms with van der Waals surface area (Å²) in [6.45, 7) is 2.81. The highest BCUT2D eigenvalue weighted by Crippen LogP contribution is 2.32. The fourth-order valence-electron chi connectivity index (χ4n) is 1.72. The van der Waals surface area contributed by atoms with Crippen molar-refractivity contribution >= 4 is 43.2 Å². The van der Waals surface area contributed by atoms with E-state index in [1.54, 1.807) is 11.3 Å². The molecule has 2 N–H and O–H groups in total. The SMILES string of the molecule is CCCOc1ccc(C(N)c2csc(Br)c2)cc1Br. The van der Waals surface area contributed by atoms with Gasteiger partial charge in [-0.25, -0.2) is 0 Å². The third-order valence-electron chi connectivity index (χ3n) is 2.72. The van der Waals surface area contributed by atoms with Crippen molar-refractivity contribution in [2.45, 2.75) is 19.4 Å². The Morgan fingerprint density at radius 1 is 1.26 bits per heavy atom. The van der Waals surface area contributed by atoms with Gasteiger partial charge in [0.2, 0.25) is 0 Å². The number of benzene rings is 1. The Hall–Kier alpha value is -0.360. The molecule has 0 saturated heterocycles. The molecule has 0 fully saturated rings. The van der Waals surface area contributed by atoms with Crippen molar-refractivity contribution in [3.63, 3.8) is 0 Å². The zero-order valence-corrected chi connectivity index (χ0v) is 14.5. The predicted octanol–water partition coefficient (Wildman–Crippen LogP) is 5.11. The van der Waals surface area contributed by atoms with Crippen LogP contribution < -0.4 is 10.5 Å². The van der Waals surface area contributed by atoms with E-state index in [9.17, 15) is 0 Å². The average Bonchev–Trinajstić information content (AvgIpc) is 2.83. The Labute approximate surface area is 134 Å². The van der Waals surface area contributed by atoms with Gasteiger partial charge in [0.1, 0.15) is 5.75 Å². The molecule has 5 heteroatoms. The first-order chi connectivity index (χ1) is 9.11. The van der Waals surface area contributed by atoms with Crippen LogP contribution in [0.1, 0.15) is 30.5 Å². The molecular formula is C14H15Br2NOS. The Morgan fingerprint density at radius 2 is 2.05 bits per heavy atom. The summed E-state index contributed by atoms with van der Waals surface area (Å²) in [6, 6.07) is 7.97. The third-order valence-corrected chi connectivity index (χ3v) is 4.87. The van der Waals surface area contributed by atoms with Crippen LogP contribution in [0.2, 0.25) is 0 Å². The van der Waals surface area contributed by atoms with E-state index in [0.29, 0.717) is 0 Å². The molecule has 102 valence electrons. The lowest BCUT2D eigenvalue weighted by Crippen LogP contribution is -2.11. The fourth-order valence-corrected chi connectivity index (χ4v) is 3.44. The van der Waals surface area contributed by atoms with Gasteiger partial charge in [-0.15, -0.1) is 11.3 Å². The van der Waals surface area contributed by atoms with E-state index in [1.807, 2.05) is 18.2 Å². The van der Waals surface area contributed by atoms with Crippen LogP contribution in [0.5, 0.6) is 5.75 Å². The second-order valence-electron chi connectivity index (χ2n) is 4.20. The van der Waals surface area contributed by atoms with Gasteiger partial charge in [-0.2, -0.15) is 0 Å². The minimum absolute atomic E-state index is 0.112. The first-order valence-corrected chi connectivity index (χ1v) is 8.50. The molecule has 0 bridgehead atoms. The summed E-state index contributed by atoms with van der Waals surface area (Å²) in [5.41, 5.74) is 8.46. The van der Waals surface area contributed by atoms with Crippen molar-refractivity contribution in [1.82, 2.24) is 0 Å². The summed E-state index contributed by atoms with van der Waals surface area (Å²) < 4.78 is 7.68. The topological polar surface area (TPSA) is 35.2 Å². The normalized spacial score (nSPS) is 12.4. The van der Waals surface area contributed by atoms with Crippen LogP contribution in [-0.4, -0.2) is 6.61 Å². The molecule has 0 spiro atoms. The molecule has 1 heterocycles. The van der Waals surface area contributed by atoms with Gasteiger partial charge in [-0.05, 0) is 73.0 Å². The number of hydrogen-bond donors (Lipinski definition) is 1. The zero-order valence-electron chi connectivity index (χ0n) is 10.5. The smallest absolute Gasteiger partial charge is 0.133 e. The molecule has 0 radical (unpaired) electrons. The monoisotopic (exact) mass is 403 g/mol. The number of nitrogens with two attached hydrogens (primary N) is 1. The summed E-state index contributed by atoms with van der Waals surface area (Å²) in [4.78, 5) is 0. The van der Waals surface area contributed by atoms with Gasteiger partial charge < -0.3 is 10.5 Å². The second-order valence-corrected chi connectivity index (χ2v) is 7.34. The lowest BCUT2D eigenvalue weighted by molar-refractivity contribution is 0.315. The lowest BCUT2D eigenvalue weighted by Gasteiger charge is -2.13. The van der Waals surface area contributed by atoms with Gasteiger partial charge in [-0.3, -0.25) is 0 Å². The maximum Gasteiger partial charge on any atom is 0.133 e. The largest absolute Gasteiger partial charge is 0.492 e. The highest BCUT2D eigenvalue weighted by molar-refractivity contribution is 9.11. The van der Waals surface area contributed by atoms with E-state index < -0.39 is 0 Å². The van der Waals surface area contributed by atoms with E-state index >= 15 is 0 Å². The molecule has 0 aliphatic carbocycles. The number of ether oxygens (including phenoxy) is 1. The molecule has 2 nitrogen and oxygen atoms in total. The predicted molar refractivity (Wildman–Crippen MR) is 88.0 cm³/mol. The summed E-state index contributed by atoms with van der Waals surface area (Å²) >= 11 is 8.64. The summed E-state index contributed by atoms with van der Waals surface area (Å²) in [6.07, 6.45) is 0.997. The van der Waals surface area contributed by atoms with Gasteiger partial charge in [0.25, 0.3) is 0 Å². The van der Waals surface area contributed by atoms with Crippen molar-refractivity contribution in [3.8, 4) is 5.75 Å². The van der Waals surface area contributed by atoms with Crippen LogP contribution in [0, 0.1) is 0 Å². The maximum atomic E-state index is 6.27. The van der Waals surface area contributed by atoms with E-state index in [2.05, 4.69) is 50.2 Å². The molecule has 1 aromatic heterocycles. The molecular weight excluding hydrogens is 390 g/mol. The molecule has 0 aliphatic rings. The molecule has 0 amide bonds. The average molecular weight is 405 g/mol. The van der Waals surface area contributed by atoms with Crippen LogP contribution in [0.15, 0.2) is 37.9 Å². The van der Waals surface area contributed by atoms with E-state index in [1.165, 1.54) is 0 Å². The Balaban J connectivity index is 2.19. The van der Waals surface area contributed by atoms with Crippen LogP contribution >= 0.6 is 43.2 Å². The molecule has 2 rings (SSSR count). The first kappa shape index (κ1) is 15.0.